The summed E-state index contributed by atoms with van der Waals surface area (Å²) < 4.78 is 27.2. The Hall–Kier alpha value is -2.09. The van der Waals surface area contributed by atoms with E-state index in [0.29, 0.717) is 17.8 Å². The summed E-state index contributed by atoms with van der Waals surface area (Å²) in [6.07, 6.45) is 0. The number of para-hydroxylation sites is 1. The highest BCUT2D eigenvalue weighted by Crippen LogP contribution is 2.23. The number of hydrogen-bond acceptors (Lipinski definition) is 4. The molecule has 0 saturated carbocycles. The monoisotopic (exact) mass is 423 g/mol. The van der Waals surface area contributed by atoms with Gasteiger partial charge in [-0.1, -0.05) is 24.3 Å². The molecule has 0 spiro atoms. The van der Waals surface area contributed by atoms with Gasteiger partial charge in [0, 0.05) is 37.8 Å². The summed E-state index contributed by atoms with van der Waals surface area (Å²) in [5.74, 6) is -0.143. The lowest BCUT2D eigenvalue weighted by atomic mass is 10.1. The fourth-order valence-electron chi connectivity index (χ4n) is 3.23. The molecular formula is C20H26ClN3O3S. The van der Waals surface area contributed by atoms with Gasteiger partial charge >= 0.3 is 0 Å². The number of benzene rings is 2. The molecule has 1 amide bonds. The summed E-state index contributed by atoms with van der Waals surface area (Å²) in [6.45, 7) is 5.37. The minimum atomic E-state index is -3.75. The van der Waals surface area contributed by atoms with E-state index >= 15 is 0 Å². The van der Waals surface area contributed by atoms with E-state index in [1.54, 1.807) is 41.3 Å². The van der Waals surface area contributed by atoms with Crippen LogP contribution in [0.4, 0.5) is 5.69 Å². The largest absolute Gasteiger partial charge is 0.333 e. The van der Waals surface area contributed by atoms with E-state index in [2.05, 4.69) is 5.32 Å². The molecule has 2 atom stereocenters. The first-order valence-corrected chi connectivity index (χ1v) is 10.4. The van der Waals surface area contributed by atoms with Crippen molar-refractivity contribution in [2.45, 2.75) is 30.8 Å². The van der Waals surface area contributed by atoms with E-state index < -0.39 is 10.0 Å². The normalized spacial score (nSPS) is 19.6. The molecule has 1 aliphatic heterocycles. The van der Waals surface area contributed by atoms with Crippen LogP contribution in [-0.4, -0.2) is 51.4 Å². The van der Waals surface area contributed by atoms with E-state index in [4.69, 9.17) is 0 Å². The van der Waals surface area contributed by atoms with Gasteiger partial charge in [-0.05, 0) is 44.2 Å². The molecule has 2 aromatic rings. The van der Waals surface area contributed by atoms with Crippen molar-refractivity contribution < 1.29 is 13.2 Å². The van der Waals surface area contributed by atoms with E-state index in [0.717, 1.165) is 6.54 Å². The molecule has 1 fully saturated rings. The lowest BCUT2D eigenvalue weighted by Crippen LogP contribution is -2.57. The Bertz CT molecular complexity index is 921. The number of halogens is 1. The van der Waals surface area contributed by atoms with E-state index in [1.807, 2.05) is 19.9 Å². The predicted molar refractivity (Wildman–Crippen MR) is 114 cm³/mol. The van der Waals surface area contributed by atoms with Gasteiger partial charge in [-0.2, -0.15) is 0 Å². The molecule has 1 saturated heterocycles. The molecule has 3 rings (SSSR count). The third kappa shape index (κ3) is 4.32. The molecule has 8 heteroatoms. The summed E-state index contributed by atoms with van der Waals surface area (Å²) in [5, 5.41) is 3.34. The van der Waals surface area contributed by atoms with Gasteiger partial charge in [0.25, 0.3) is 15.9 Å². The first-order chi connectivity index (χ1) is 12.8. The van der Waals surface area contributed by atoms with Crippen LogP contribution in [0.3, 0.4) is 0 Å². The highest BCUT2D eigenvalue weighted by molar-refractivity contribution is 7.92. The van der Waals surface area contributed by atoms with Crippen LogP contribution in [0.1, 0.15) is 24.2 Å². The number of hydrogen-bond donors (Lipinski definition) is 1. The minimum absolute atomic E-state index is 0. The molecular weight excluding hydrogens is 398 g/mol. The fourth-order valence-corrected chi connectivity index (χ4v) is 4.48. The zero-order valence-electron chi connectivity index (χ0n) is 16.2. The zero-order valence-corrected chi connectivity index (χ0v) is 17.8. The van der Waals surface area contributed by atoms with Gasteiger partial charge in [-0.3, -0.25) is 9.10 Å². The minimum Gasteiger partial charge on any atom is -0.333 e. The van der Waals surface area contributed by atoms with E-state index in [1.165, 1.54) is 23.5 Å². The van der Waals surface area contributed by atoms with Gasteiger partial charge < -0.3 is 10.2 Å². The number of nitrogens with zero attached hydrogens (tertiary/aromatic N) is 2. The van der Waals surface area contributed by atoms with Gasteiger partial charge in [-0.15, -0.1) is 12.4 Å². The van der Waals surface area contributed by atoms with Crippen LogP contribution in [0, 0.1) is 0 Å². The van der Waals surface area contributed by atoms with Gasteiger partial charge in [-0.25, -0.2) is 8.42 Å². The molecule has 1 N–H and O–H groups in total. The fraction of sp³-hybridized carbons (Fsp3) is 0.350. The maximum atomic E-state index is 13.0. The third-order valence-electron chi connectivity index (χ3n) is 5.15. The van der Waals surface area contributed by atoms with Crippen molar-refractivity contribution in [3.63, 3.8) is 0 Å². The van der Waals surface area contributed by atoms with Crippen LogP contribution in [0.2, 0.25) is 0 Å². The highest BCUT2D eigenvalue weighted by Gasteiger charge is 2.30. The Morgan fingerprint density at radius 1 is 1.11 bits per heavy atom. The molecule has 0 radical (unpaired) electrons. The average Bonchev–Trinajstić information content (AvgIpc) is 2.69. The molecule has 0 aromatic heterocycles. The Balaban J connectivity index is 0.00000280. The van der Waals surface area contributed by atoms with E-state index in [9.17, 15) is 13.2 Å². The second kappa shape index (κ2) is 8.94. The van der Waals surface area contributed by atoms with Crippen molar-refractivity contribution in [1.82, 2.24) is 10.2 Å². The number of sulfonamides is 1. The second-order valence-electron chi connectivity index (χ2n) is 6.82. The van der Waals surface area contributed by atoms with Gasteiger partial charge in [0.2, 0.25) is 0 Å². The molecule has 1 aliphatic rings. The van der Waals surface area contributed by atoms with Crippen molar-refractivity contribution in [2.24, 2.45) is 0 Å². The lowest BCUT2D eigenvalue weighted by molar-refractivity contribution is 0.0602. The molecule has 1 heterocycles. The predicted octanol–water partition coefficient (Wildman–Crippen LogP) is 2.76. The van der Waals surface area contributed by atoms with Crippen molar-refractivity contribution in [3.05, 3.63) is 60.2 Å². The summed E-state index contributed by atoms with van der Waals surface area (Å²) in [7, 11) is -2.24. The van der Waals surface area contributed by atoms with Gasteiger partial charge in [0.15, 0.2) is 0 Å². The highest BCUT2D eigenvalue weighted by atomic mass is 35.5. The smallest absolute Gasteiger partial charge is 0.264 e. The van der Waals surface area contributed by atoms with E-state index in [-0.39, 0.29) is 35.3 Å². The summed E-state index contributed by atoms with van der Waals surface area (Å²) >= 11 is 0. The van der Waals surface area contributed by atoms with Crippen molar-refractivity contribution in [3.8, 4) is 0 Å². The average molecular weight is 424 g/mol. The van der Waals surface area contributed by atoms with Crippen LogP contribution in [0.25, 0.3) is 0 Å². The van der Waals surface area contributed by atoms with Gasteiger partial charge in [0.1, 0.15) is 0 Å². The topological polar surface area (TPSA) is 69.7 Å². The number of carbonyl (C=O) groups excluding carboxylic acids is 1. The summed E-state index contributed by atoms with van der Waals surface area (Å²) in [4.78, 5) is 14.9. The first kappa shape index (κ1) is 22.2. The molecule has 2 unspecified atom stereocenters. The molecule has 6 nitrogen and oxygen atoms in total. The number of rotatable bonds is 4. The second-order valence-corrected chi connectivity index (χ2v) is 8.79. The van der Waals surface area contributed by atoms with Crippen LogP contribution in [0.15, 0.2) is 59.5 Å². The van der Waals surface area contributed by atoms with Crippen LogP contribution in [0.5, 0.6) is 0 Å². The number of amides is 1. The van der Waals surface area contributed by atoms with Crippen molar-refractivity contribution in [1.29, 1.82) is 0 Å². The molecule has 152 valence electrons. The number of carbonyl (C=O) groups is 1. The SMILES string of the molecule is CC1NCCN(C(=O)c2cccc(S(=O)(=O)N(C)c3ccccc3)c2)C1C.Cl. The van der Waals surface area contributed by atoms with Crippen molar-refractivity contribution >= 4 is 34.0 Å². The van der Waals surface area contributed by atoms with Gasteiger partial charge in [0.05, 0.1) is 10.6 Å². The lowest BCUT2D eigenvalue weighted by Gasteiger charge is -2.38. The molecule has 28 heavy (non-hydrogen) atoms. The zero-order chi connectivity index (χ0) is 19.6. The number of nitrogens with one attached hydrogen (secondary N) is 1. The van der Waals surface area contributed by atoms with Crippen LogP contribution in [-0.2, 0) is 10.0 Å². The quantitative estimate of drug-likeness (QED) is 0.820. The standard InChI is InChI=1S/C20H25N3O3S.ClH/c1-15-16(2)23(13-12-21-15)20(24)17-8-7-11-19(14-17)27(25,26)22(3)18-9-5-4-6-10-18;/h4-11,14-16,21H,12-13H2,1-3H3;1H. The van der Waals surface area contributed by atoms with Crippen molar-refractivity contribution in [2.75, 3.05) is 24.4 Å². The Morgan fingerprint density at radius 3 is 2.46 bits per heavy atom. The first-order valence-electron chi connectivity index (χ1n) is 9.01. The maximum absolute atomic E-state index is 13.0. The van der Waals surface area contributed by atoms with Crippen LogP contribution < -0.4 is 9.62 Å². The molecule has 2 aromatic carbocycles. The number of piperazine rings is 1. The maximum Gasteiger partial charge on any atom is 0.264 e. The van der Waals surface area contributed by atoms with Crippen LogP contribution >= 0.6 is 12.4 Å². The molecule has 0 aliphatic carbocycles. The Morgan fingerprint density at radius 2 is 1.79 bits per heavy atom. The summed E-state index contributed by atoms with van der Waals surface area (Å²) in [5.41, 5.74) is 0.956. The Kier molecular flexibility index (Phi) is 7.09. The Labute approximate surface area is 173 Å². The third-order valence-corrected chi connectivity index (χ3v) is 6.94. The molecule has 0 bridgehead atoms. The summed E-state index contributed by atoms with van der Waals surface area (Å²) in [6, 6.07) is 15.4. The number of anilines is 1.